The Balaban J connectivity index is 2.36. The number of carbonyl (C=O) groups excluding carboxylic acids is 1. The molecule has 68 valence electrons. The van der Waals surface area contributed by atoms with E-state index in [1.54, 1.807) is 13.0 Å². The highest BCUT2D eigenvalue weighted by Gasteiger charge is 2.15. The molecule has 0 aromatic heterocycles. The van der Waals surface area contributed by atoms with E-state index in [1.807, 2.05) is 0 Å². The standard InChI is InChI=1S/C11H18O/c1-9-4-3-5-11(8-9)7-6-10(2)12/h6-7,9,11H,3-5,8H2,1-2H3. The summed E-state index contributed by atoms with van der Waals surface area (Å²) in [5.41, 5.74) is 0. The Morgan fingerprint density at radius 3 is 2.75 bits per heavy atom. The summed E-state index contributed by atoms with van der Waals surface area (Å²) in [5, 5.41) is 0. The molecule has 1 rings (SSSR count). The molecule has 1 fully saturated rings. The summed E-state index contributed by atoms with van der Waals surface area (Å²) in [6.45, 7) is 3.91. The zero-order chi connectivity index (χ0) is 8.97. The van der Waals surface area contributed by atoms with Crippen LogP contribution in [-0.4, -0.2) is 5.78 Å². The third kappa shape index (κ3) is 3.21. The van der Waals surface area contributed by atoms with Crippen LogP contribution in [0.4, 0.5) is 0 Å². The average Bonchev–Trinajstić information content (AvgIpc) is 2.01. The molecule has 0 aliphatic heterocycles. The molecule has 1 nitrogen and oxygen atoms in total. The summed E-state index contributed by atoms with van der Waals surface area (Å²) >= 11 is 0. The molecule has 0 heterocycles. The highest BCUT2D eigenvalue weighted by molar-refractivity contribution is 5.87. The molecule has 1 aliphatic rings. The van der Waals surface area contributed by atoms with Gasteiger partial charge in [0.05, 0.1) is 0 Å². The van der Waals surface area contributed by atoms with Crippen LogP contribution in [0.3, 0.4) is 0 Å². The molecule has 0 spiro atoms. The minimum absolute atomic E-state index is 0.174. The molecule has 2 atom stereocenters. The Morgan fingerprint density at radius 1 is 1.42 bits per heavy atom. The Bertz CT molecular complexity index is 181. The normalized spacial score (nSPS) is 30.8. The number of carbonyl (C=O) groups is 1. The number of rotatable bonds is 2. The van der Waals surface area contributed by atoms with Gasteiger partial charge in [-0.25, -0.2) is 0 Å². The maximum absolute atomic E-state index is 10.7. The van der Waals surface area contributed by atoms with Gasteiger partial charge in [0.2, 0.25) is 0 Å². The van der Waals surface area contributed by atoms with Gasteiger partial charge in [-0.15, -0.1) is 0 Å². The second kappa shape index (κ2) is 4.44. The predicted octanol–water partition coefficient (Wildman–Crippen LogP) is 2.96. The average molecular weight is 166 g/mol. The van der Waals surface area contributed by atoms with Crippen LogP contribution in [0, 0.1) is 11.8 Å². The van der Waals surface area contributed by atoms with Crippen molar-refractivity contribution < 1.29 is 4.79 Å². The largest absolute Gasteiger partial charge is 0.295 e. The molecule has 0 amide bonds. The van der Waals surface area contributed by atoms with Crippen molar-refractivity contribution in [2.45, 2.75) is 39.5 Å². The highest BCUT2D eigenvalue weighted by atomic mass is 16.1. The van der Waals surface area contributed by atoms with Crippen LogP contribution in [0.1, 0.15) is 39.5 Å². The SMILES string of the molecule is CC(=O)C=CC1CCCC(C)C1. The van der Waals surface area contributed by atoms with Crippen molar-refractivity contribution in [2.75, 3.05) is 0 Å². The lowest BCUT2D eigenvalue weighted by atomic mass is 9.82. The molecule has 0 aromatic carbocycles. The van der Waals surface area contributed by atoms with E-state index in [9.17, 15) is 4.79 Å². The smallest absolute Gasteiger partial charge is 0.152 e. The van der Waals surface area contributed by atoms with Gasteiger partial charge in [-0.1, -0.05) is 25.8 Å². The molecule has 0 bridgehead atoms. The van der Waals surface area contributed by atoms with Crippen LogP contribution >= 0.6 is 0 Å². The first-order valence-corrected chi connectivity index (χ1v) is 4.87. The fourth-order valence-electron chi connectivity index (χ4n) is 1.93. The Morgan fingerprint density at radius 2 is 2.17 bits per heavy atom. The monoisotopic (exact) mass is 166 g/mol. The first-order valence-electron chi connectivity index (χ1n) is 4.87. The molecule has 0 radical (unpaired) electrons. The maximum atomic E-state index is 10.7. The summed E-state index contributed by atoms with van der Waals surface area (Å²) in [7, 11) is 0. The lowest BCUT2D eigenvalue weighted by Crippen LogP contribution is -2.11. The van der Waals surface area contributed by atoms with Gasteiger partial charge in [-0.05, 0) is 37.7 Å². The van der Waals surface area contributed by atoms with Crippen LogP contribution in [0.5, 0.6) is 0 Å². The molecule has 0 saturated heterocycles. The van der Waals surface area contributed by atoms with Gasteiger partial charge in [0.1, 0.15) is 0 Å². The topological polar surface area (TPSA) is 17.1 Å². The molecular weight excluding hydrogens is 148 g/mol. The molecule has 1 saturated carbocycles. The van der Waals surface area contributed by atoms with Crippen molar-refractivity contribution in [2.24, 2.45) is 11.8 Å². The zero-order valence-corrected chi connectivity index (χ0v) is 8.05. The first kappa shape index (κ1) is 9.50. The molecule has 12 heavy (non-hydrogen) atoms. The molecule has 1 heteroatoms. The van der Waals surface area contributed by atoms with Gasteiger partial charge < -0.3 is 0 Å². The van der Waals surface area contributed by atoms with Crippen molar-refractivity contribution >= 4 is 5.78 Å². The van der Waals surface area contributed by atoms with Crippen LogP contribution in [-0.2, 0) is 4.79 Å². The Kier molecular flexibility index (Phi) is 3.51. The summed E-state index contributed by atoms with van der Waals surface area (Å²) < 4.78 is 0. The minimum Gasteiger partial charge on any atom is -0.295 e. The molecule has 2 unspecified atom stereocenters. The fraction of sp³-hybridized carbons (Fsp3) is 0.727. The van der Waals surface area contributed by atoms with E-state index < -0.39 is 0 Å². The summed E-state index contributed by atoms with van der Waals surface area (Å²) in [5.74, 6) is 1.69. The minimum atomic E-state index is 0.174. The number of allylic oxidation sites excluding steroid dienone is 2. The Labute approximate surface area is 74.9 Å². The first-order chi connectivity index (χ1) is 5.68. The van der Waals surface area contributed by atoms with Gasteiger partial charge in [0, 0.05) is 0 Å². The van der Waals surface area contributed by atoms with Crippen LogP contribution < -0.4 is 0 Å². The van der Waals surface area contributed by atoms with Crippen molar-refractivity contribution in [3.8, 4) is 0 Å². The second-order valence-electron chi connectivity index (χ2n) is 4.00. The number of ketones is 1. The van der Waals surface area contributed by atoms with Gasteiger partial charge in [0.15, 0.2) is 5.78 Å². The van der Waals surface area contributed by atoms with Crippen molar-refractivity contribution in [1.29, 1.82) is 0 Å². The van der Waals surface area contributed by atoms with E-state index in [4.69, 9.17) is 0 Å². The third-order valence-corrected chi connectivity index (χ3v) is 2.58. The van der Waals surface area contributed by atoms with Gasteiger partial charge in [-0.2, -0.15) is 0 Å². The van der Waals surface area contributed by atoms with Crippen LogP contribution in [0.15, 0.2) is 12.2 Å². The van der Waals surface area contributed by atoms with E-state index in [0.29, 0.717) is 5.92 Å². The second-order valence-corrected chi connectivity index (χ2v) is 4.00. The highest BCUT2D eigenvalue weighted by Crippen LogP contribution is 2.29. The quantitative estimate of drug-likeness (QED) is 0.576. The molecule has 0 N–H and O–H groups in total. The van der Waals surface area contributed by atoms with Gasteiger partial charge in [0.25, 0.3) is 0 Å². The summed E-state index contributed by atoms with van der Waals surface area (Å²) in [4.78, 5) is 10.7. The van der Waals surface area contributed by atoms with Crippen molar-refractivity contribution in [1.82, 2.24) is 0 Å². The molecule has 1 aliphatic carbocycles. The fourth-order valence-corrected chi connectivity index (χ4v) is 1.93. The van der Waals surface area contributed by atoms with E-state index in [1.165, 1.54) is 25.7 Å². The summed E-state index contributed by atoms with van der Waals surface area (Å²) in [6.07, 6.45) is 9.05. The van der Waals surface area contributed by atoms with E-state index in [2.05, 4.69) is 13.0 Å². The van der Waals surface area contributed by atoms with Crippen LogP contribution in [0.2, 0.25) is 0 Å². The Hall–Kier alpha value is -0.590. The summed E-state index contributed by atoms with van der Waals surface area (Å²) in [6, 6.07) is 0. The lowest BCUT2D eigenvalue weighted by Gasteiger charge is -2.23. The van der Waals surface area contributed by atoms with Crippen molar-refractivity contribution in [3.05, 3.63) is 12.2 Å². The van der Waals surface area contributed by atoms with E-state index >= 15 is 0 Å². The molecule has 0 aromatic rings. The number of hydrogen-bond acceptors (Lipinski definition) is 1. The number of hydrogen-bond donors (Lipinski definition) is 0. The maximum Gasteiger partial charge on any atom is 0.152 e. The van der Waals surface area contributed by atoms with E-state index in [-0.39, 0.29) is 5.78 Å². The van der Waals surface area contributed by atoms with Crippen LogP contribution in [0.25, 0.3) is 0 Å². The predicted molar refractivity (Wildman–Crippen MR) is 50.9 cm³/mol. The third-order valence-electron chi connectivity index (χ3n) is 2.58. The van der Waals surface area contributed by atoms with Crippen molar-refractivity contribution in [3.63, 3.8) is 0 Å². The molecular formula is C11H18O. The van der Waals surface area contributed by atoms with Gasteiger partial charge >= 0.3 is 0 Å². The lowest BCUT2D eigenvalue weighted by molar-refractivity contribution is -0.112. The zero-order valence-electron chi connectivity index (χ0n) is 8.05. The van der Waals surface area contributed by atoms with Gasteiger partial charge in [-0.3, -0.25) is 4.79 Å². The van der Waals surface area contributed by atoms with E-state index in [0.717, 1.165) is 5.92 Å².